The summed E-state index contributed by atoms with van der Waals surface area (Å²) in [5, 5.41) is 10.6. The van der Waals surface area contributed by atoms with Gasteiger partial charge in [-0.05, 0) is 29.3 Å². The normalized spacial score (nSPS) is 22.8. The molecule has 0 aliphatic carbocycles. The maximum Gasteiger partial charge on any atom is 0.252 e. The van der Waals surface area contributed by atoms with Gasteiger partial charge in [0.2, 0.25) is 0 Å². The quantitative estimate of drug-likeness (QED) is 0.891. The van der Waals surface area contributed by atoms with Gasteiger partial charge in [-0.25, -0.2) is 8.42 Å². The molecule has 2 heterocycles. The van der Waals surface area contributed by atoms with Gasteiger partial charge in [-0.2, -0.15) is 4.31 Å². The van der Waals surface area contributed by atoms with Crippen LogP contribution in [-0.4, -0.2) is 30.9 Å². The van der Waals surface area contributed by atoms with Crippen LogP contribution < -0.4 is 0 Å². The Hall–Kier alpha value is -0.430. The molecule has 1 saturated heterocycles. The van der Waals surface area contributed by atoms with E-state index in [4.69, 9.17) is 5.11 Å². The minimum Gasteiger partial charge on any atom is -0.392 e. The van der Waals surface area contributed by atoms with Gasteiger partial charge >= 0.3 is 0 Å². The Morgan fingerprint density at radius 2 is 2.38 bits per heavy atom. The van der Waals surface area contributed by atoms with E-state index < -0.39 is 10.0 Å². The molecule has 1 aliphatic rings. The average molecular weight is 261 g/mol. The van der Waals surface area contributed by atoms with Crippen LogP contribution >= 0.6 is 11.3 Å². The minimum absolute atomic E-state index is 0.109. The Morgan fingerprint density at radius 1 is 1.62 bits per heavy atom. The Labute approximate surface area is 99.6 Å². The van der Waals surface area contributed by atoms with Gasteiger partial charge in [0.1, 0.15) is 4.21 Å². The van der Waals surface area contributed by atoms with Crippen LogP contribution in [-0.2, 0) is 16.6 Å². The van der Waals surface area contributed by atoms with Gasteiger partial charge in [-0.15, -0.1) is 11.3 Å². The Morgan fingerprint density at radius 3 is 2.88 bits per heavy atom. The highest BCUT2D eigenvalue weighted by atomic mass is 32.2. The molecule has 4 nitrogen and oxygen atoms in total. The highest BCUT2D eigenvalue weighted by molar-refractivity contribution is 7.91. The van der Waals surface area contributed by atoms with Crippen LogP contribution in [0.5, 0.6) is 0 Å². The fourth-order valence-corrected chi connectivity index (χ4v) is 4.74. The number of aliphatic hydroxyl groups excluding tert-OH is 1. The molecule has 2 rings (SSSR count). The zero-order valence-electron chi connectivity index (χ0n) is 9.09. The van der Waals surface area contributed by atoms with Crippen LogP contribution in [0.4, 0.5) is 0 Å². The molecule has 1 aromatic rings. The minimum atomic E-state index is -3.32. The number of rotatable bonds is 3. The van der Waals surface area contributed by atoms with E-state index in [0.717, 1.165) is 6.42 Å². The Balaban J connectivity index is 2.25. The molecule has 0 saturated carbocycles. The van der Waals surface area contributed by atoms with Gasteiger partial charge in [0.15, 0.2) is 0 Å². The smallest absolute Gasteiger partial charge is 0.252 e. The third-order valence-electron chi connectivity index (χ3n) is 2.79. The van der Waals surface area contributed by atoms with Crippen molar-refractivity contribution in [3.8, 4) is 0 Å². The van der Waals surface area contributed by atoms with E-state index in [-0.39, 0.29) is 6.61 Å². The monoisotopic (exact) mass is 261 g/mol. The number of sulfonamides is 1. The van der Waals surface area contributed by atoms with Crippen LogP contribution in [0, 0.1) is 5.92 Å². The lowest BCUT2D eigenvalue weighted by molar-refractivity contribution is 0.282. The molecular weight excluding hydrogens is 246 g/mol. The molecule has 0 spiro atoms. The van der Waals surface area contributed by atoms with Gasteiger partial charge in [0.05, 0.1) is 6.61 Å². The predicted molar refractivity (Wildman–Crippen MR) is 62.8 cm³/mol. The number of hydrogen-bond acceptors (Lipinski definition) is 4. The summed E-state index contributed by atoms with van der Waals surface area (Å²) in [6, 6.07) is 1.56. The lowest BCUT2D eigenvalue weighted by Gasteiger charge is -2.14. The topological polar surface area (TPSA) is 57.6 Å². The first-order valence-electron chi connectivity index (χ1n) is 5.22. The number of nitrogens with zero attached hydrogens (tertiary/aromatic N) is 1. The summed E-state index contributed by atoms with van der Waals surface area (Å²) in [7, 11) is -3.32. The zero-order valence-corrected chi connectivity index (χ0v) is 10.7. The van der Waals surface area contributed by atoms with Crippen LogP contribution in [0.15, 0.2) is 15.7 Å². The highest BCUT2D eigenvalue weighted by Gasteiger charge is 2.31. The summed E-state index contributed by atoms with van der Waals surface area (Å²) in [5.74, 6) is 0.437. The average Bonchev–Trinajstić information content (AvgIpc) is 2.85. The van der Waals surface area contributed by atoms with Crippen LogP contribution in [0.2, 0.25) is 0 Å². The van der Waals surface area contributed by atoms with E-state index in [1.165, 1.54) is 15.6 Å². The van der Waals surface area contributed by atoms with E-state index in [2.05, 4.69) is 6.92 Å². The highest BCUT2D eigenvalue weighted by Crippen LogP contribution is 2.28. The molecule has 0 bridgehead atoms. The van der Waals surface area contributed by atoms with Crippen molar-refractivity contribution in [1.29, 1.82) is 0 Å². The Kier molecular flexibility index (Phi) is 3.34. The van der Waals surface area contributed by atoms with Crippen molar-refractivity contribution in [2.75, 3.05) is 13.1 Å². The van der Waals surface area contributed by atoms with Crippen molar-refractivity contribution >= 4 is 21.4 Å². The molecule has 6 heteroatoms. The molecular formula is C10H15NO3S2. The van der Waals surface area contributed by atoms with Crippen molar-refractivity contribution in [2.45, 2.75) is 24.2 Å². The molecule has 1 atom stereocenters. The fraction of sp³-hybridized carbons (Fsp3) is 0.600. The maximum absolute atomic E-state index is 12.2. The molecule has 0 aromatic carbocycles. The van der Waals surface area contributed by atoms with Crippen LogP contribution in [0.1, 0.15) is 18.9 Å². The van der Waals surface area contributed by atoms with E-state index in [0.29, 0.717) is 28.8 Å². The molecule has 0 amide bonds. The van der Waals surface area contributed by atoms with Gasteiger partial charge in [-0.1, -0.05) is 6.92 Å². The number of thiophene rings is 1. The zero-order chi connectivity index (χ0) is 11.8. The predicted octanol–water partition coefficient (Wildman–Crippen LogP) is 1.27. The second-order valence-electron chi connectivity index (χ2n) is 4.19. The maximum atomic E-state index is 12.2. The van der Waals surface area contributed by atoms with Gasteiger partial charge in [0.25, 0.3) is 10.0 Å². The van der Waals surface area contributed by atoms with E-state index >= 15 is 0 Å². The van der Waals surface area contributed by atoms with Crippen molar-refractivity contribution in [3.05, 3.63) is 17.0 Å². The first-order chi connectivity index (χ1) is 7.54. The summed E-state index contributed by atoms with van der Waals surface area (Å²) in [6.45, 7) is 3.16. The summed E-state index contributed by atoms with van der Waals surface area (Å²) in [6.07, 6.45) is 0.928. The standard InChI is InChI=1S/C10H15NO3S2/c1-8-2-3-11(5-8)16(13,14)10-4-9(6-12)7-15-10/h4,7-8,12H,2-3,5-6H2,1H3. The lowest BCUT2D eigenvalue weighted by atomic mass is 10.2. The number of hydrogen-bond donors (Lipinski definition) is 1. The van der Waals surface area contributed by atoms with E-state index in [1.54, 1.807) is 11.4 Å². The molecule has 1 fully saturated rings. The molecule has 90 valence electrons. The SMILES string of the molecule is CC1CCN(S(=O)(=O)c2cc(CO)cs2)C1. The van der Waals surface area contributed by atoms with E-state index in [9.17, 15) is 8.42 Å². The lowest BCUT2D eigenvalue weighted by Crippen LogP contribution is -2.28. The first-order valence-corrected chi connectivity index (χ1v) is 7.54. The third kappa shape index (κ3) is 2.15. The van der Waals surface area contributed by atoms with Crippen LogP contribution in [0.3, 0.4) is 0 Å². The molecule has 1 aromatic heterocycles. The van der Waals surface area contributed by atoms with Crippen molar-refractivity contribution < 1.29 is 13.5 Å². The second kappa shape index (κ2) is 4.44. The molecule has 1 aliphatic heterocycles. The fourth-order valence-electron chi connectivity index (χ4n) is 1.81. The largest absolute Gasteiger partial charge is 0.392 e. The summed E-state index contributed by atoms with van der Waals surface area (Å²) < 4.78 is 26.2. The first kappa shape index (κ1) is 12.0. The summed E-state index contributed by atoms with van der Waals surface area (Å²) >= 11 is 1.18. The van der Waals surface area contributed by atoms with Crippen molar-refractivity contribution in [1.82, 2.24) is 4.31 Å². The van der Waals surface area contributed by atoms with E-state index in [1.807, 2.05) is 0 Å². The van der Waals surface area contributed by atoms with Gasteiger partial charge < -0.3 is 5.11 Å². The molecule has 0 radical (unpaired) electrons. The van der Waals surface area contributed by atoms with Gasteiger partial charge in [-0.3, -0.25) is 0 Å². The van der Waals surface area contributed by atoms with Gasteiger partial charge in [0, 0.05) is 13.1 Å². The number of aliphatic hydroxyl groups is 1. The third-order valence-corrected chi connectivity index (χ3v) is 6.12. The summed E-state index contributed by atoms with van der Waals surface area (Å²) in [4.78, 5) is 0. The second-order valence-corrected chi connectivity index (χ2v) is 7.27. The molecule has 1 N–H and O–H groups in total. The van der Waals surface area contributed by atoms with Crippen molar-refractivity contribution in [2.24, 2.45) is 5.92 Å². The molecule has 1 unspecified atom stereocenters. The van der Waals surface area contributed by atoms with Crippen LogP contribution in [0.25, 0.3) is 0 Å². The Bertz CT molecular complexity index is 466. The summed E-state index contributed by atoms with van der Waals surface area (Å²) in [5.41, 5.74) is 0.663. The molecule has 16 heavy (non-hydrogen) atoms. The van der Waals surface area contributed by atoms with Crippen molar-refractivity contribution in [3.63, 3.8) is 0 Å².